The second-order valence-electron chi connectivity index (χ2n) is 2.33. The lowest BCUT2D eigenvalue weighted by Gasteiger charge is -2.17. The van der Waals surface area contributed by atoms with Gasteiger partial charge in [0.1, 0.15) is 5.76 Å². The molecule has 6 heteroatoms. The van der Waals surface area contributed by atoms with Gasteiger partial charge in [-0.05, 0) is 26.2 Å². The average Bonchev–Trinajstić information content (AvgIpc) is 2.17. The van der Waals surface area contributed by atoms with Crippen LogP contribution in [0.15, 0.2) is 23.8 Å². The van der Waals surface area contributed by atoms with E-state index in [1.54, 1.807) is 19.3 Å². The van der Waals surface area contributed by atoms with Crippen LogP contribution < -0.4 is 0 Å². The van der Waals surface area contributed by atoms with Crippen LogP contribution in [-0.4, -0.2) is 19.5 Å². The Balaban J connectivity index is 4.58. The fourth-order valence-corrected chi connectivity index (χ4v) is 2.40. The maximum atomic E-state index is 11.9. The molecule has 0 aliphatic heterocycles. The molecule has 0 spiro atoms. The van der Waals surface area contributed by atoms with Crippen molar-refractivity contribution in [2.45, 2.75) is 13.8 Å². The third-order valence-electron chi connectivity index (χ3n) is 1.23. The maximum absolute atomic E-state index is 11.9. The minimum atomic E-state index is -3.47. The van der Waals surface area contributed by atoms with Crippen molar-refractivity contribution in [1.29, 1.82) is 0 Å². The highest BCUT2D eigenvalue weighted by molar-refractivity contribution is 8.01. The number of phosphoric acid groups is 1. The molecule has 0 heterocycles. The minimum Gasteiger partial charge on any atom is -0.403 e. The highest BCUT2D eigenvalue weighted by atomic mass is 32.2. The van der Waals surface area contributed by atoms with E-state index in [2.05, 4.69) is 6.58 Å². The Kier molecular flexibility index (Phi) is 7.88. The molecule has 0 rings (SSSR count). The molecule has 0 saturated heterocycles. The first-order chi connectivity index (χ1) is 7.11. The lowest BCUT2D eigenvalue weighted by Crippen LogP contribution is -1.99. The van der Waals surface area contributed by atoms with Crippen LogP contribution in [0.25, 0.3) is 0 Å². The largest absolute Gasteiger partial charge is 0.530 e. The van der Waals surface area contributed by atoms with Crippen molar-refractivity contribution in [3.05, 3.63) is 23.8 Å². The second-order valence-corrected chi connectivity index (χ2v) is 4.63. The third-order valence-corrected chi connectivity index (χ3v) is 3.28. The van der Waals surface area contributed by atoms with Crippen molar-refractivity contribution in [2.24, 2.45) is 0 Å². The molecule has 0 aromatic carbocycles. The fraction of sp³-hybridized carbons (Fsp3) is 0.556. The SMILES string of the molecule is C=C/C(=C/SC)OP(=O)(OCC)OCC. The number of hydrogen-bond acceptors (Lipinski definition) is 5. The highest BCUT2D eigenvalue weighted by Crippen LogP contribution is 2.51. The Morgan fingerprint density at radius 2 is 1.93 bits per heavy atom. The van der Waals surface area contributed by atoms with E-state index in [0.29, 0.717) is 5.76 Å². The standard InChI is InChI=1S/C9H17O4PS/c1-5-9(8-15-4)13-14(10,11-6-2)12-7-3/h5,8H,1,6-7H2,2-4H3/b9-8-. The Morgan fingerprint density at radius 1 is 1.40 bits per heavy atom. The van der Waals surface area contributed by atoms with Gasteiger partial charge in [-0.25, -0.2) is 4.57 Å². The molecule has 0 aromatic rings. The average molecular weight is 252 g/mol. The Morgan fingerprint density at radius 3 is 2.27 bits per heavy atom. The van der Waals surface area contributed by atoms with E-state index in [9.17, 15) is 4.57 Å². The number of rotatable bonds is 8. The van der Waals surface area contributed by atoms with Crippen LogP contribution >= 0.6 is 19.6 Å². The molecule has 0 aromatic heterocycles. The van der Waals surface area contributed by atoms with Gasteiger partial charge < -0.3 is 4.52 Å². The Bertz CT molecular complexity index is 255. The number of thioether (sulfide) groups is 1. The van der Waals surface area contributed by atoms with Gasteiger partial charge >= 0.3 is 7.82 Å². The van der Waals surface area contributed by atoms with Crippen molar-refractivity contribution < 1.29 is 18.1 Å². The smallest absolute Gasteiger partial charge is 0.403 e. The van der Waals surface area contributed by atoms with Gasteiger partial charge in [0.25, 0.3) is 0 Å². The van der Waals surface area contributed by atoms with Gasteiger partial charge in [-0.2, -0.15) is 0 Å². The molecular weight excluding hydrogens is 235 g/mol. The van der Waals surface area contributed by atoms with E-state index in [-0.39, 0.29) is 13.2 Å². The predicted octanol–water partition coefficient (Wildman–Crippen LogP) is 3.57. The van der Waals surface area contributed by atoms with E-state index in [0.717, 1.165) is 0 Å². The quantitative estimate of drug-likeness (QED) is 0.375. The van der Waals surface area contributed by atoms with Gasteiger partial charge in [0.15, 0.2) is 0 Å². The Hall–Kier alpha value is -0.220. The monoisotopic (exact) mass is 252 g/mol. The van der Waals surface area contributed by atoms with Crippen molar-refractivity contribution in [1.82, 2.24) is 0 Å². The first kappa shape index (κ1) is 14.8. The molecule has 0 aliphatic rings. The van der Waals surface area contributed by atoms with Gasteiger partial charge in [0.2, 0.25) is 0 Å². The van der Waals surface area contributed by atoms with E-state index in [1.807, 2.05) is 6.26 Å². The summed E-state index contributed by atoms with van der Waals surface area (Å²) in [6.07, 6.45) is 3.32. The number of hydrogen-bond donors (Lipinski definition) is 0. The lowest BCUT2D eigenvalue weighted by molar-refractivity contribution is 0.148. The molecule has 0 N–H and O–H groups in total. The van der Waals surface area contributed by atoms with Gasteiger partial charge in [-0.15, -0.1) is 11.8 Å². The molecule has 0 unspecified atom stereocenters. The number of allylic oxidation sites excluding steroid dienone is 1. The van der Waals surface area contributed by atoms with E-state index >= 15 is 0 Å². The van der Waals surface area contributed by atoms with Crippen molar-refractivity contribution in [3.8, 4) is 0 Å². The van der Waals surface area contributed by atoms with Gasteiger partial charge in [-0.1, -0.05) is 6.58 Å². The molecule has 0 radical (unpaired) electrons. The summed E-state index contributed by atoms with van der Waals surface area (Å²) in [4.78, 5) is 0. The summed E-state index contributed by atoms with van der Waals surface area (Å²) in [7, 11) is -3.47. The normalized spacial score (nSPS) is 12.6. The van der Waals surface area contributed by atoms with E-state index in [1.165, 1.54) is 17.8 Å². The minimum absolute atomic E-state index is 0.265. The molecule has 0 fully saturated rings. The summed E-state index contributed by atoms with van der Waals surface area (Å²) < 4.78 is 27.0. The molecule has 0 saturated carbocycles. The first-order valence-electron chi connectivity index (χ1n) is 4.56. The topological polar surface area (TPSA) is 44.8 Å². The Labute approximate surface area is 95.3 Å². The van der Waals surface area contributed by atoms with Crippen LogP contribution in [0.3, 0.4) is 0 Å². The molecule has 0 aliphatic carbocycles. The summed E-state index contributed by atoms with van der Waals surface area (Å²) in [5, 5.41) is 1.68. The van der Waals surface area contributed by atoms with Crippen molar-refractivity contribution in [3.63, 3.8) is 0 Å². The highest BCUT2D eigenvalue weighted by Gasteiger charge is 2.27. The van der Waals surface area contributed by atoms with Crippen molar-refractivity contribution in [2.75, 3.05) is 19.5 Å². The molecule has 0 atom stereocenters. The molecule has 4 nitrogen and oxygen atoms in total. The van der Waals surface area contributed by atoms with Crippen LogP contribution in [0.5, 0.6) is 0 Å². The third kappa shape index (κ3) is 6.05. The zero-order valence-corrected chi connectivity index (χ0v) is 11.0. The summed E-state index contributed by atoms with van der Waals surface area (Å²) in [6.45, 7) is 7.52. The van der Waals surface area contributed by atoms with Crippen LogP contribution in [0.1, 0.15) is 13.8 Å². The summed E-state index contributed by atoms with van der Waals surface area (Å²) in [5.74, 6) is 0.382. The first-order valence-corrected chi connectivity index (χ1v) is 7.30. The number of phosphoric ester groups is 1. The van der Waals surface area contributed by atoms with E-state index < -0.39 is 7.82 Å². The van der Waals surface area contributed by atoms with Crippen LogP contribution in [0.4, 0.5) is 0 Å². The van der Waals surface area contributed by atoms with Gasteiger partial charge in [0.05, 0.1) is 13.2 Å². The van der Waals surface area contributed by atoms with Crippen LogP contribution in [-0.2, 0) is 18.1 Å². The fourth-order valence-electron chi connectivity index (χ4n) is 0.758. The zero-order valence-electron chi connectivity index (χ0n) is 9.26. The zero-order chi connectivity index (χ0) is 11.7. The molecule has 15 heavy (non-hydrogen) atoms. The molecule has 0 bridgehead atoms. The second kappa shape index (κ2) is 7.99. The maximum Gasteiger partial charge on any atom is 0.530 e. The predicted molar refractivity (Wildman–Crippen MR) is 63.7 cm³/mol. The molecule has 88 valence electrons. The van der Waals surface area contributed by atoms with Gasteiger partial charge in [-0.3, -0.25) is 9.05 Å². The summed E-state index contributed by atoms with van der Waals surface area (Å²) in [5.41, 5.74) is 0. The van der Waals surface area contributed by atoms with Crippen LogP contribution in [0.2, 0.25) is 0 Å². The summed E-state index contributed by atoms with van der Waals surface area (Å²) in [6, 6.07) is 0. The molecular formula is C9H17O4PS. The van der Waals surface area contributed by atoms with Gasteiger partial charge in [0, 0.05) is 5.41 Å². The van der Waals surface area contributed by atoms with Crippen LogP contribution in [0, 0.1) is 0 Å². The summed E-state index contributed by atoms with van der Waals surface area (Å²) >= 11 is 1.42. The van der Waals surface area contributed by atoms with Crippen molar-refractivity contribution >= 4 is 19.6 Å². The van der Waals surface area contributed by atoms with E-state index in [4.69, 9.17) is 13.6 Å². The lowest BCUT2D eigenvalue weighted by atomic mass is 10.6. The molecule has 0 amide bonds.